The largest absolute Gasteiger partial charge is 0.370 e. The van der Waals surface area contributed by atoms with Gasteiger partial charge in [0.05, 0.1) is 6.61 Å². The Morgan fingerprint density at radius 2 is 2.00 bits per heavy atom. The Balaban J connectivity index is 2.20. The molecule has 0 unspecified atom stereocenters. The van der Waals surface area contributed by atoms with Crippen molar-refractivity contribution in [2.75, 3.05) is 24.7 Å². The number of rotatable bonds is 2. The van der Waals surface area contributed by atoms with Crippen molar-refractivity contribution in [3.63, 3.8) is 0 Å². The van der Waals surface area contributed by atoms with Gasteiger partial charge < -0.3 is 9.64 Å². The minimum atomic E-state index is -0.0416. The van der Waals surface area contributed by atoms with E-state index in [0.717, 1.165) is 12.0 Å². The highest BCUT2D eigenvalue weighted by atomic mass is 16.5. The van der Waals surface area contributed by atoms with Gasteiger partial charge in [-0.25, -0.2) is 0 Å². The van der Waals surface area contributed by atoms with Crippen molar-refractivity contribution in [2.24, 2.45) is 0 Å². The second kappa shape index (κ2) is 4.23. The van der Waals surface area contributed by atoms with Gasteiger partial charge in [0.1, 0.15) is 12.9 Å². The SMILES string of the molecule is O=Cc1ccc(N2CCOCC2=O)cc1. The summed E-state index contributed by atoms with van der Waals surface area (Å²) >= 11 is 0. The fourth-order valence-electron chi connectivity index (χ4n) is 1.52. The summed E-state index contributed by atoms with van der Waals surface area (Å²) in [5.74, 6) is -0.0416. The Bertz CT molecular complexity index is 372. The van der Waals surface area contributed by atoms with Crippen LogP contribution in [-0.4, -0.2) is 32.0 Å². The van der Waals surface area contributed by atoms with Crippen LogP contribution in [-0.2, 0) is 9.53 Å². The molecule has 0 spiro atoms. The zero-order valence-electron chi connectivity index (χ0n) is 8.18. The molecule has 1 fully saturated rings. The number of carbonyl (C=O) groups is 2. The lowest BCUT2D eigenvalue weighted by Gasteiger charge is -2.26. The molecule has 0 saturated carbocycles. The van der Waals surface area contributed by atoms with Gasteiger partial charge in [0.15, 0.2) is 0 Å². The van der Waals surface area contributed by atoms with Crippen LogP contribution in [0, 0.1) is 0 Å². The van der Waals surface area contributed by atoms with Crippen molar-refractivity contribution in [3.05, 3.63) is 29.8 Å². The fraction of sp³-hybridized carbons (Fsp3) is 0.273. The van der Waals surface area contributed by atoms with E-state index in [1.165, 1.54) is 0 Å². The van der Waals surface area contributed by atoms with Gasteiger partial charge in [-0.05, 0) is 24.3 Å². The predicted octanol–water partition coefficient (Wildman–Crippen LogP) is 0.862. The smallest absolute Gasteiger partial charge is 0.253 e. The number of morpholine rings is 1. The number of carbonyl (C=O) groups excluding carboxylic acids is 2. The van der Waals surface area contributed by atoms with E-state index in [1.54, 1.807) is 29.2 Å². The predicted molar refractivity (Wildman–Crippen MR) is 55.0 cm³/mol. The van der Waals surface area contributed by atoms with Gasteiger partial charge >= 0.3 is 0 Å². The van der Waals surface area contributed by atoms with E-state index in [-0.39, 0.29) is 12.5 Å². The molecule has 1 heterocycles. The maximum Gasteiger partial charge on any atom is 0.253 e. The number of amides is 1. The van der Waals surface area contributed by atoms with E-state index in [9.17, 15) is 9.59 Å². The highest BCUT2D eigenvalue weighted by Crippen LogP contribution is 2.16. The number of ether oxygens (including phenoxy) is 1. The van der Waals surface area contributed by atoms with Crippen LogP contribution in [0.5, 0.6) is 0 Å². The number of hydrogen-bond acceptors (Lipinski definition) is 3. The van der Waals surface area contributed by atoms with E-state index >= 15 is 0 Å². The van der Waals surface area contributed by atoms with Crippen molar-refractivity contribution in [2.45, 2.75) is 0 Å². The average molecular weight is 205 g/mol. The summed E-state index contributed by atoms with van der Waals surface area (Å²) in [4.78, 5) is 23.6. The van der Waals surface area contributed by atoms with Crippen molar-refractivity contribution in [3.8, 4) is 0 Å². The third kappa shape index (κ3) is 2.05. The maximum absolute atomic E-state index is 11.5. The van der Waals surface area contributed by atoms with Gasteiger partial charge in [-0.1, -0.05) is 0 Å². The van der Waals surface area contributed by atoms with Crippen molar-refractivity contribution < 1.29 is 14.3 Å². The summed E-state index contributed by atoms with van der Waals surface area (Å²) in [5.41, 5.74) is 1.42. The molecule has 78 valence electrons. The molecule has 0 N–H and O–H groups in total. The average Bonchev–Trinajstić information content (AvgIpc) is 2.30. The summed E-state index contributed by atoms with van der Waals surface area (Å²) in [7, 11) is 0. The Morgan fingerprint density at radius 1 is 1.27 bits per heavy atom. The summed E-state index contributed by atoms with van der Waals surface area (Å²) in [6.45, 7) is 1.26. The first-order valence-electron chi connectivity index (χ1n) is 4.74. The second-order valence-corrected chi connectivity index (χ2v) is 3.31. The first kappa shape index (κ1) is 9.86. The third-order valence-corrected chi connectivity index (χ3v) is 2.33. The normalized spacial score (nSPS) is 16.5. The van der Waals surface area contributed by atoms with Gasteiger partial charge in [-0.3, -0.25) is 9.59 Å². The molecule has 0 bridgehead atoms. The van der Waals surface area contributed by atoms with Crippen molar-refractivity contribution >= 4 is 17.9 Å². The number of anilines is 1. The van der Waals surface area contributed by atoms with Crippen LogP contribution in [0.1, 0.15) is 10.4 Å². The highest BCUT2D eigenvalue weighted by Gasteiger charge is 2.19. The minimum absolute atomic E-state index is 0.0416. The lowest BCUT2D eigenvalue weighted by atomic mass is 10.2. The molecule has 4 nitrogen and oxygen atoms in total. The molecule has 0 aliphatic carbocycles. The molecule has 1 aliphatic heterocycles. The molecule has 15 heavy (non-hydrogen) atoms. The molecule has 0 aromatic heterocycles. The van der Waals surface area contributed by atoms with Gasteiger partial charge in [-0.15, -0.1) is 0 Å². The van der Waals surface area contributed by atoms with E-state index in [2.05, 4.69) is 0 Å². The molecule has 1 amide bonds. The summed E-state index contributed by atoms with van der Waals surface area (Å²) in [6.07, 6.45) is 0.783. The second-order valence-electron chi connectivity index (χ2n) is 3.31. The first-order chi connectivity index (χ1) is 7.31. The number of hydrogen-bond donors (Lipinski definition) is 0. The van der Waals surface area contributed by atoms with Crippen LogP contribution in [0.2, 0.25) is 0 Å². The van der Waals surface area contributed by atoms with Gasteiger partial charge in [0.25, 0.3) is 5.91 Å². The topological polar surface area (TPSA) is 46.6 Å². The molecule has 1 saturated heterocycles. The highest BCUT2D eigenvalue weighted by molar-refractivity contribution is 5.95. The van der Waals surface area contributed by atoms with E-state index < -0.39 is 0 Å². The Hall–Kier alpha value is -1.68. The zero-order valence-corrected chi connectivity index (χ0v) is 8.18. The molecule has 1 aromatic carbocycles. The molecule has 0 atom stereocenters. The lowest BCUT2D eigenvalue weighted by molar-refractivity contribution is -0.125. The summed E-state index contributed by atoms with van der Waals surface area (Å²) < 4.78 is 5.03. The zero-order chi connectivity index (χ0) is 10.7. The Morgan fingerprint density at radius 3 is 2.60 bits per heavy atom. The van der Waals surface area contributed by atoms with Crippen LogP contribution in [0.25, 0.3) is 0 Å². The summed E-state index contributed by atoms with van der Waals surface area (Å²) in [6, 6.07) is 6.94. The van der Waals surface area contributed by atoms with E-state index in [0.29, 0.717) is 18.7 Å². The molecule has 4 heteroatoms. The first-order valence-corrected chi connectivity index (χ1v) is 4.74. The van der Waals surface area contributed by atoms with Crippen molar-refractivity contribution in [1.29, 1.82) is 0 Å². The quantitative estimate of drug-likeness (QED) is 0.673. The number of aldehydes is 1. The summed E-state index contributed by atoms with van der Waals surface area (Å²) in [5, 5.41) is 0. The standard InChI is InChI=1S/C11H11NO3/c13-7-9-1-3-10(4-2-9)12-5-6-15-8-11(12)14/h1-4,7H,5-6,8H2. The van der Waals surface area contributed by atoms with Crippen LogP contribution in [0.15, 0.2) is 24.3 Å². The molecule has 1 aromatic rings. The van der Waals surface area contributed by atoms with Crippen molar-refractivity contribution in [1.82, 2.24) is 0 Å². The molecule has 2 rings (SSSR count). The van der Waals surface area contributed by atoms with Crippen LogP contribution in [0.4, 0.5) is 5.69 Å². The Labute approximate surface area is 87.4 Å². The minimum Gasteiger partial charge on any atom is -0.370 e. The molecule has 0 radical (unpaired) electrons. The molecular weight excluding hydrogens is 194 g/mol. The molecule has 1 aliphatic rings. The fourth-order valence-corrected chi connectivity index (χ4v) is 1.52. The monoisotopic (exact) mass is 205 g/mol. The van der Waals surface area contributed by atoms with Crippen LogP contribution < -0.4 is 4.90 Å². The lowest BCUT2D eigenvalue weighted by Crippen LogP contribution is -2.41. The van der Waals surface area contributed by atoms with E-state index in [4.69, 9.17) is 4.74 Å². The Kier molecular flexibility index (Phi) is 2.78. The van der Waals surface area contributed by atoms with E-state index in [1.807, 2.05) is 0 Å². The van der Waals surface area contributed by atoms with Gasteiger partial charge in [0.2, 0.25) is 0 Å². The van der Waals surface area contributed by atoms with Gasteiger partial charge in [-0.2, -0.15) is 0 Å². The van der Waals surface area contributed by atoms with Crippen LogP contribution in [0.3, 0.4) is 0 Å². The van der Waals surface area contributed by atoms with Crippen LogP contribution >= 0.6 is 0 Å². The molecular formula is C11H11NO3. The third-order valence-electron chi connectivity index (χ3n) is 2.33. The number of nitrogens with zero attached hydrogens (tertiary/aromatic N) is 1. The maximum atomic E-state index is 11.5. The van der Waals surface area contributed by atoms with Gasteiger partial charge in [0, 0.05) is 17.8 Å². The number of benzene rings is 1.